The zero-order valence-corrected chi connectivity index (χ0v) is 11.4. The summed E-state index contributed by atoms with van der Waals surface area (Å²) in [5.41, 5.74) is 11.6. The van der Waals surface area contributed by atoms with Crippen LogP contribution in [0.1, 0.15) is 29.8 Å². The Labute approximate surface area is 112 Å². The van der Waals surface area contributed by atoms with Crippen LogP contribution in [0.4, 0.5) is 5.69 Å². The summed E-state index contributed by atoms with van der Waals surface area (Å²) in [7, 11) is 0. The molecule has 0 saturated heterocycles. The second-order valence-electron chi connectivity index (χ2n) is 4.57. The summed E-state index contributed by atoms with van der Waals surface area (Å²) in [6.07, 6.45) is 0. The Bertz CT molecular complexity index is 467. The van der Waals surface area contributed by atoms with Crippen molar-refractivity contribution < 1.29 is 9.59 Å². The molecule has 0 aromatic heterocycles. The summed E-state index contributed by atoms with van der Waals surface area (Å²) in [5.74, 6) is -0.775. The zero-order valence-electron chi connectivity index (χ0n) is 10.6. The fraction of sp³-hybridized carbons (Fsp3) is 0.333. The first kappa shape index (κ1) is 16.4. The molecule has 0 atom stereocenters. The Balaban J connectivity index is 0.00000289. The average molecular weight is 272 g/mol. The molecule has 0 aliphatic rings. The summed E-state index contributed by atoms with van der Waals surface area (Å²) < 4.78 is 0. The van der Waals surface area contributed by atoms with E-state index in [1.54, 1.807) is 39.0 Å². The van der Waals surface area contributed by atoms with Crippen LogP contribution in [0, 0.1) is 6.92 Å². The normalized spacial score (nSPS) is 10.4. The summed E-state index contributed by atoms with van der Waals surface area (Å²) in [6.45, 7) is 4.99. The van der Waals surface area contributed by atoms with Crippen LogP contribution in [-0.2, 0) is 4.79 Å². The molecule has 1 aromatic carbocycles. The lowest BCUT2D eigenvalue weighted by atomic mass is 10.0. The third-order valence-corrected chi connectivity index (χ3v) is 2.33. The van der Waals surface area contributed by atoms with Crippen LogP contribution in [0.25, 0.3) is 0 Å². The van der Waals surface area contributed by atoms with Gasteiger partial charge in [-0.15, -0.1) is 12.4 Å². The minimum atomic E-state index is -0.948. The molecule has 2 amide bonds. The van der Waals surface area contributed by atoms with E-state index in [4.69, 9.17) is 11.5 Å². The molecule has 0 heterocycles. The second kappa shape index (κ2) is 5.84. The number of hydrogen-bond donors (Lipinski definition) is 3. The largest absolute Gasteiger partial charge is 0.366 e. The number of amides is 2. The Morgan fingerprint density at radius 3 is 2.22 bits per heavy atom. The molecule has 0 fully saturated rings. The van der Waals surface area contributed by atoms with Gasteiger partial charge in [0, 0.05) is 11.3 Å². The van der Waals surface area contributed by atoms with Crippen LogP contribution >= 0.6 is 12.4 Å². The molecule has 5 N–H and O–H groups in total. The zero-order chi connectivity index (χ0) is 13.2. The van der Waals surface area contributed by atoms with E-state index >= 15 is 0 Å². The Kier molecular flexibility index (Phi) is 5.32. The lowest BCUT2D eigenvalue weighted by Crippen LogP contribution is -2.45. The van der Waals surface area contributed by atoms with Crippen molar-refractivity contribution in [2.75, 3.05) is 5.32 Å². The highest BCUT2D eigenvalue weighted by molar-refractivity contribution is 5.99. The van der Waals surface area contributed by atoms with E-state index in [2.05, 4.69) is 5.32 Å². The van der Waals surface area contributed by atoms with E-state index in [0.717, 1.165) is 0 Å². The van der Waals surface area contributed by atoms with Gasteiger partial charge in [0.25, 0.3) is 0 Å². The van der Waals surface area contributed by atoms with Crippen LogP contribution in [0.3, 0.4) is 0 Å². The van der Waals surface area contributed by atoms with Gasteiger partial charge >= 0.3 is 0 Å². The van der Waals surface area contributed by atoms with Gasteiger partial charge in [-0.3, -0.25) is 9.59 Å². The third kappa shape index (κ3) is 4.01. The topological polar surface area (TPSA) is 98.2 Å². The van der Waals surface area contributed by atoms with Crippen molar-refractivity contribution in [3.05, 3.63) is 29.3 Å². The summed E-state index contributed by atoms with van der Waals surface area (Å²) >= 11 is 0. The maximum absolute atomic E-state index is 11.6. The van der Waals surface area contributed by atoms with Crippen LogP contribution in [0.5, 0.6) is 0 Å². The van der Waals surface area contributed by atoms with Gasteiger partial charge in [-0.1, -0.05) is 0 Å². The van der Waals surface area contributed by atoms with Gasteiger partial charge in [-0.05, 0) is 44.5 Å². The van der Waals surface area contributed by atoms with Crippen molar-refractivity contribution in [3.8, 4) is 0 Å². The molecule has 1 rings (SSSR count). The number of primary amides is 1. The number of carbonyl (C=O) groups excluding carboxylic acids is 2. The lowest BCUT2D eigenvalue weighted by molar-refractivity contribution is -0.120. The second-order valence-corrected chi connectivity index (χ2v) is 4.57. The van der Waals surface area contributed by atoms with Gasteiger partial charge in [0.2, 0.25) is 11.8 Å². The third-order valence-electron chi connectivity index (χ3n) is 2.33. The molecule has 0 bridgehead atoms. The maximum atomic E-state index is 11.6. The molecule has 6 heteroatoms. The first-order valence-electron chi connectivity index (χ1n) is 5.22. The van der Waals surface area contributed by atoms with Crippen molar-refractivity contribution in [2.45, 2.75) is 26.3 Å². The molecule has 0 aliphatic heterocycles. The van der Waals surface area contributed by atoms with Gasteiger partial charge in [-0.25, -0.2) is 0 Å². The molecule has 0 saturated carbocycles. The Morgan fingerprint density at radius 1 is 1.28 bits per heavy atom. The summed E-state index contributed by atoms with van der Waals surface area (Å²) in [6, 6.07) is 4.89. The molecule has 1 aromatic rings. The predicted octanol–water partition coefficient (Wildman–Crippen LogP) is 1.19. The van der Waals surface area contributed by atoms with Crippen molar-refractivity contribution in [2.24, 2.45) is 11.5 Å². The van der Waals surface area contributed by atoms with Crippen molar-refractivity contribution in [1.29, 1.82) is 0 Å². The fourth-order valence-corrected chi connectivity index (χ4v) is 1.31. The van der Waals surface area contributed by atoms with Crippen LogP contribution in [-0.4, -0.2) is 17.4 Å². The Morgan fingerprint density at radius 2 is 1.83 bits per heavy atom. The van der Waals surface area contributed by atoms with Crippen molar-refractivity contribution >= 4 is 29.9 Å². The number of rotatable bonds is 3. The first-order valence-corrected chi connectivity index (χ1v) is 5.22. The molecule has 0 unspecified atom stereocenters. The number of benzene rings is 1. The summed E-state index contributed by atoms with van der Waals surface area (Å²) in [5, 5.41) is 2.67. The molecule has 0 aliphatic carbocycles. The highest BCUT2D eigenvalue weighted by Gasteiger charge is 2.21. The lowest BCUT2D eigenvalue weighted by Gasteiger charge is -2.18. The smallest absolute Gasteiger partial charge is 0.248 e. The molecule has 100 valence electrons. The highest BCUT2D eigenvalue weighted by atomic mass is 35.5. The number of aryl methyl sites for hydroxylation is 1. The SMILES string of the molecule is Cc1cc(NC(=O)C(C)(C)N)ccc1C(N)=O.Cl. The monoisotopic (exact) mass is 271 g/mol. The van der Waals surface area contributed by atoms with E-state index in [-0.39, 0.29) is 18.3 Å². The number of carbonyl (C=O) groups is 2. The number of halogens is 1. The van der Waals surface area contributed by atoms with Crippen molar-refractivity contribution in [3.63, 3.8) is 0 Å². The van der Waals surface area contributed by atoms with E-state index < -0.39 is 11.4 Å². The molecule has 0 spiro atoms. The Hall–Kier alpha value is -1.59. The minimum Gasteiger partial charge on any atom is -0.366 e. The van der Waals surface area contributed by atoms with Crippen molar-refractivity contribution in [1.82, 2.24) is 0 Å². The number of anilines is 1. The minimum absolute atomic E-state index is 0. The van der Waals surface area contributed by atoms with E-state index in [1.165, 1.54) is 0 Å². The van der Waals surface area contributed by atoms with Gasteiger partial charge in [0.1, 0.15) is 0 Å². The fourth-order valence-electron chi connectivity index (χ4n) is 1.31. The van der Waals surface area contributed by atoms with E-state index in [0.29, 0.717) is 16.8 Å². The molecule has 5 nitrogen and oxygen atoms in total. The van der Waals surface area contributed by atoms with Crippen LogP contribution < -0.4 is 16.8 Å². The van der Waals surface area contributed by atoms with Gasteiger partial charge in [0.15, 0.2) is 0 Å². The first-order chi connectivity index (χ1) is 7.71. The average Bonchev–Trinajstić information content (AvgIpc) is 2.15. The quantitative estimate of drug-likeness (QED) is 0.770. The van der Waals surface area contributed by atoms with Gasteiger partial charge in [0.05, 0.1) is 5.54 Å². The van der Waals surface area contributed by atoms with Crippen LogP contribution in [0.2, 0.25) is 0 Å². The standard InChI is InChI=1S/C12H17N3O2.ClH/c1-7-6-8(4-5-9(7)10(13)16)15-11(17)12(2,3)14;/h4-6H,14H2,1-3H3,(H2,13,16)(H,15,17);1H. The van der Waals surface area contributed by atoms with Gasteiger partial charge in [-0.2, -0.15) is 0 Å². The van der Waals surface area contributed by atoms with Gasteiger partial charge < -0.3 is 16.8 Å². The van der Waals surface area contributed by atoms with Crippen LogP contribution in [0.15, 0.2) is 18.2 Å². The number of nitrogens with one attached hydrogen (secondary N) is 1. The predicted molar refractivity (Wildman–Crippen MR) is 73.8 cm³/mol. The summed E-state index contributed by atoms with van der Waals surface area (Å²) in [4.78, 5) is 22.7. The van der Waals surface area contributed by atoms with E-state index in [9.17, 15) is 9.59 Å². The van der Waals surface area contributed by atoms with E-state index in [1.807, 2.05) is 0 Å². The highest BCUT2D eigenvalue weighted by Crippen LogP contribution is 2.15. The number of nitrogens with two attached hydrogens (primary N) is 2. The molecular weight excluding hydrogens is 254 g/mol. The maximum Gasteiger partial charge on any atom is 0.248 e. The molecular formula is C12H18ClN3O2. The molecule has 18 heavy (non-hydrogen) atoms. The number of hydrogen-bond acceptors (Lipinski definition) is 3. The molecule has 0 radical (unpaired) electrons.